The van der Waals surface area contributed by atoms with Crippen molar-refractivity contribution < 1.29 is 0 Å². The highest BCUT2D eigenvalue weighted by Gasteiger charge is 2.31. The number of aryl methyl sites for hydroxylation is 1. The molecule has 0 N–H and O–H groups in total. The highest BCUT2D eigenvalue weighted by atomic mass is 15.2. The van der Waals surface area contributed by atoms with Gasteiger partial charge in [-0.25, -0.2) is 0 Å². The van der Waals surface area contributed by atoms with Gasteiger partial charge in [-0.3, -0.25) is 0 Å². The molecule has 0 aromatic heterocycles. The molecule has 2 aliphatic rings. The van der Waals surface area contributed by atoms with E-state index in [4.69, 9.17) is 0 Å². The number of hydrogen-bond donors (Lipinski definition) is 0. The molecule has 0 spiro atoms. The van der Waals surface area contributed by atoms with Crippen LogP contribution < -0.4 is 4.90 Å². The van der Waals surface area contributed by atoms with Gasteiger partial charge >= 0.3 is 0 Å². The van der Waals surface area contributed by atoms with Crippen LogP contribution in [0.25, 0.3) is 11.1 Å². The van der Waals surface area contributed by atoms with E-state index in [2.05, 4.69) is 116 Å². The first-order chi connectivity index (χ1) is 15.1. The number of fused-ring (bicyclic) bond motifs is 1. The highest BCUT2D eigenvalue weighted by Crippen LogP contribution is 2.49. The number of nitrogens with zero attached hydrogens (tertiary/aromatic N) is 1. The highest BCUT2D eigenvalue weighted by molar-refractivity contribution is 5.97. The van der Waals surface area contributed by atoms with E-state index < -0.39 is 0 Å². The Morgan fingerprint density at radius 3 is 2.42 bits per heavy atom. The second-order valence-electron chi connectivity index (χ2n) is 8.33. The number of anilines is 2. The summed E-state index contributed by atoms with van der Waals surface area (Å²) in [4.78, 5) is 2.43. The Labute approximate surface area is 185 Å². The second kappa shape index (κ2) is 7.92. The Kier molecular flexibility index (Phi) is 4.95. The minimum Gasteiger partial charge on any atom is -0.313 e. The molecule has 152 valence electrons. The molecule has 0 fully saturated rings. The maximum Gasteiger partial charge on any atom is 0.0537 e. The molecule has 1 aliphatic carbocycles. The van der Waals surface area contributed by atoms with Gasteiger partial charge in [0.15, 0.2) is 0 Å². The van der Waals surface area contributed by atoms with Crippen LogP contribution in [-0.4, -0.2) is 0 Å². The fourth-order valence-electron chi connectivity index (χ4n) is 4.86. The fraction of sp³-hybridized carbons (Fsp3) is 0.133. The number of rotatable bonds is 3. The van der Waals surface area contributed by atoms with E-state index in [-0.39, 0.29) is 0 Å². The minimum absolute atomic E-state index is 1.01. The molecule has 3 aromatic rings. The lowest BCUT2D eigenvalue weighted by atomic mass is 9.81. The Morgan fingerprint density at radius 1 is 0.903 bits per heavy atom. The molecule has 0 unspecified atom stereocenters. The van der Waals surface area contributed by atoms with Crippen molar-refractivity contribution in [2.45, 2.75) is 26.7 Å². The Hall–Kier alpha value is -3.58. The quantitative estimate of drug-likeness (QED) is 0.427. The summed E-state index contributed by atoms with van der Waals surface area (Å²) >= 11 is 0. The van der Waals surface area contributed by atoms with E-state index in [0.717, 1.165) is 18.4 Å². The van der Waals surface area contributed by atoms with Crippen molar-refractivity contribution in [3.8, 4) is 0 Å². The maximum atomic E-state index is 4.56. The van der Waals surface area contributed by atoms with Crippen LogP contribution in [0.2, 0.25) is 0 Å². The zero-order valence-electron chi connectivity index (χ0n) is 18.2. The number of hydrogen-bond acceptors (Lipinski definition) is 1. The topological polar surface area (TPSA) is 3.24 Å². The van der Waals surface area contributed by atoms with E-state index in [1.54, 1.807) is 0 Å². The predicted octanol–water partition coefficient (Wildman–Crippen LogP) is 8.24. The van der Waals surface area contributed by atoms with Crippen LogP contribution in [0.15, 0.2) is 114 Å². The molecule has 1 aliphatic heterocycles. The summed E-state index contributed by atoms with van der Waals surface area (Å²) in [6.07, 6.45) is 6.77. The Balaban J connectivity index is 1.68. The Morgan fingerprint density at radius 2 is 1.61 bits per heavy atom. The first-order valence-electron chi connectivity index (χ1n) is 11.0. The molecule has 0 bridgehead atoms. The average molecular weight is 402 g/mol. The summed E-state index contributed by atoms with van der Waals surface area (Å²) in [5.41, 5.74) is 12.6. The van der Waals surface area contributed by atoms with Crippen LogP contribution in [0.3, 0.4) is 0 Å². The van der Waals surface area contributed by atoms with E-state index >= 15 is 0 Å². The summed E-state index contributed by atoms with van der Waals surface area (Å²) in [5, 5.41) is 0. The normalized spacial score (nSPS) is 16.1. The Bertz CT molecular complexity index is 1250. The standard InChI is InChI=1S/C30H27N/c1-21-12-7-8-16-26(21)22(2)20-24-13-11-19-29-30(24)23(3)27-17-9-10-18-28(27)31(29)25-14-5-4-6-15-25/h4-10,12-18,20H,3,11,19H2,1-2H3/b22-20+. The summed E-state index contributed by atoms with van der Waals surface area (Å²) in [5.74, 6) is 0. The molecule has 0 saturated carbocycles. The third kappa shape index (κ3) is 3.37. The molecule has 5 rings (SSSR count). The molecule has 1 heteroatoms. The minimum atomic E-state index is 1.01. The van der Waals surface area contributed by atoms with Crippen LogP contribution >= 0.6 is 0 Å². The summed E-state index contributed by atoms with van der Waals surface area (Å²) in [6.45, 7) is 8.96. The van der Waals surface area contributed by atoms with Crippen LogP contribution in [0, 0.1) is 6.92 Å². The first kappa shape index (κ1) is 19.4. The molecule has 1 nitrogen and oxygen atoms in total. The van der Waals surface area contributed by atoms with Crippen molar-refractivity contribution in [2.75, 3.05) is 4.90 Å². The van der Waals surface area contributed by atoms with Gasteiger partial charge in [-0.1, -0.05) is 79.4 Å². The van der Waals surface area contributed by atoms with Crippen LogP contribution in [-0.2, 0) is 0 Å². The fourth-order valence-corrected chi connectivity index (χ4v) is 4.86. The monoisotopic (exact) mass is 401 g/mol. The van der Waals surface area contributed by atoms with Crippen molar-refractivity contribution >= 4 is 22.5 Å². The van der Waals surface area contributed by atoms with Gasteiger partial charge in [0.2, 0.25) is 0 Å². The molecular formula is C30H27N. The van der Waals surface area contributed by atoms with Gasteiger partial charge in [-0.2, -0.15) is 0 Å². The van der Waals surface area contributed by atoms with Crippen molar-refractivity contribution in [2.24, 2.45) is 0 Å². The van der Waals surface area contributed by atoms with Crippen molar-refractivity contribution in [3.05, 3.63) is 131 Å². The third-order valence-electron chi connectivity index (χ3n) is 6.32. The lowest BCUT2D eigenvalue weighted by molar-refractivity contribution is 0.890. The lowest BCUT2D eigenvalue weighted by Crippen LogP contribution is -2.25. The zero-order valence-corrected chi connectivity index (χ0v) is 18.2. The van der Waals surface area contributed by atoms with Crippen molar-refractivity contribution in [1.29, 1.82) is 0 Å². The van der Waals surface area contributed by atoms with Gasteiger partial charge in [0.25, 0.3) is 0 Å². The number of para-hydroxylation sites is 2. The summed E-state index contributed by atoms with van der Waals surface area (Å²) in [6, 6.07) is 27.9. The van der Waals surface area contributed by atoms with E-state index in [0.29, 0.717) is 0 Å². The molecular weight excluding hydrogens is 374 g/mol. The molecule has 0 saturated heterocycles. The largest absolute Gasteiger partial charge is 0.313 e. The van der Waals surface area contributed by atoms with Gasteiger partial charge in [-0.05, 0) is 72.7 Å². The zero-order chi connectivity index (χ0) is 21.4. The van der Waals surface area contributed by atoms with E-state index in [1.165, 1.54) is 50.5 Å². The average Bonchev–Trinajstić information content (AvgIpc) is 2.80. The van der Waals surface area contributed by atoms with Crippen LogP contribution in [0.4, 0.5) is 11.4 Å². The lowest BCUT2D eigenvalue weighted by Gasteiger charge is -2.38. The van der Waals surface area contributed by atoms with Crippen molar-refractivity contribution in [1.82, 2.24) is 0 Å². The van der Waals surface area contributed by atoms with E-state index in [1.807, 2.05) is 0 Å². The SMILES string of the molecule is C=C1C2=C(CCC=C2/C=C(\C)c2ccccc2C)N(c2ccccc2)c2ccccc21. The van der Waals surface area contributed by atoms with Gasteiger partial charge in [0.05, 0.1) is 5.69 Å². The summed E-state index contributed by atoms with van der Waals surface area (Å²) in [7, 11) is 0. The number of benzene rings is 3. The predicted molar refractivity (Wildman–Crippen MR) is 133 cm³/mol. The second-order valence-corrected chi connectivity index (χ2v) is 8.33. The van der Waals surface area contributed by atoms with Gasteiger partial charge in [0.1, 0.15) is 0 Å². The van der Waals surface area contributed by atoms with Crippen molar-refractivity contribution in [3.63, 3.8) is 0 Å². The summed E-state index contributed by atoms with van der Waals surface area (Å²) < 4.78 is 0. The smallest absolute Gasteiger partial charge is 0.0537 e. The first-order valence-corrected chi connectivity index (χ1v) is 11.0. The molecule has 0 amide bonds. The molecule has 31 heavy (non-hydrogen) atoms. The molecule has 0 radical (unpaired) electrons. The van der Waals surface area contributed by atoms with E-state index in [9.17, 15) is 0 Å². The molecule has 0 atom stereocenters. The third-order valence-corrected chi connectivity index (χ3v) is 6.32. The molecule has 3 aromatic carbocycles. The van der Waals surface area contributed by atoms with Gasteiger partial charge in [-0.15, -0.1) is 0 Å². The molecule has 1 heterocycles. The van der Waals surface area contributed by atoms with Crippen LogP contribution in [0.1, 0.15) is 36.5 Å². The van der Waals surface area contributed by atoms with Crippen LogP contribution in [0.5, 0.6) is 0 Å². The van der Waals surface area contributed by atoms with Gasteiger partial charge < -0.3 is 4.90 Å². The van der Waals surface area contributed by atoms with Gasteiger partial charge in [0, 0.05) is 22.5 Å². The number of allylic oxidation sites excluding steroid dienone is 7. The maximum absolute atomic E-state index is 4.56.